The highest BCUT2D eigenvalue weighted by molar-refractivity contribution is 7.80. The average Bonchev–Trinajstić information content (AvgIpc) is 2.87. The van der Waals surface area contributed by atoms with Crippen LogP contribution in [0.3, 0.4) is 0 Å². The quantitative estimate of drug-likeness (QED) is 0.544. The molecule has 4 nitrogen and oxygen atoms in total. The van der Waals surface area contributed by atoms with Crippen molar-refractivity contribution >= 4 is 34.5 Å². The second-order valence-corrected chi connectivity index (χ2v) is 9.23. The molecule has 2 aromatic rings. The third kappa shape index (κ3) is 5.06. The predicted octanol–water partition coefficient (Wildman–Crippen LogP) is 5.17. The van der Waals surface area contributed by atoms with Gasteiger partial charge in [0.1, 0.15) is 11.6 Å². The molecule has 2 heterocycles. The maximum Gasteiger partial charge on any atom is 0.241 e. The Morgan fingerprint density at radius 3 is 2.11 bits per heavy atom. The maximum absolute atomic E-state index is 13.6. The van der Waals surface area contributed by atoms with Gasteiger partial charge in [0.25, 0.3) is 0 Å². The number of piperidine rings is 1. The summed E-state index contributed by atoms with van der Waals surface area (Å²) in [6, 6.07) is 12.9. The molecule has 0 bridgehead atoms. The molecule has 1 saturated heterocycles. The van der Waals surface area contributed by atoms with Crippen molar-refractivity contribution in [3.05, 3.63) is 101 Å². The smallest absolute Gasteiger partial charge is 0.241 e. The van der Waals surface area contributed by atoms with Gasteiger partial charge in [-0.05, 0) is 72.1 Å². The van der Waals surface area contributed by atoms with Crippen LogP contribution in [-0.2, 0) is 4.79 Å². The highest BCUT2D eigenvalue weighted by Crippen LogP contribution is 2.32. The first-order valence-corrected chi connectivity index (χ1v) is 12.2. The summed E-state index contributed by atoms with van der Waals surface area (Å²) in [5.74, 6) is -0.938. The Morgan fingerprint density at radius 1 is 0.914 bits per heavy atom. The minimum Gasteiger partial charge on any atom is -0.301 e. The van der Waals surface area contributed by atoms with Gasteiger partial charge < -0.3 is 4.90 Å². The zero-order valence-corrected chi connectivity index (χ0v) is 20.0. The van der Waals surface area contributed by atoms with E-state index < -0.39 is 0 Å². The van der Waals surface area contributed by atoms with Crippen LogP contribution in [0.1, 0.15) is 24.0 Å². The Morgan fingerprint density at radius 2 is 1.51 bits per heavy atom. The number of aliphatic imine (C=N–C) groups is 1. The zero-order chi connectivity index (χ0) is 24.4. The summed E-state index contributed by atoms with van der Waals surface area (Å²) in [5.41, 5.74) is 4.86. The lowest BCUT2D eigenvalue weighted by Gasteiger charge is -2.34. The van der Waals surface area contributed by atoms with Gasteiger partial charge in [-0.15, -0.1) is 0 Å². The number of thiocarbonyl (C=S) groups is 1. The monoisotopic (exact) mass is 489 g/mol. The normalized spacial score (nSPS) is 20.2. The molecule has 1 fully saturated rings. The topological polar surface area (TPSA) is 35.9 Å². The van der Waals surface area contributed by atoms with Crippen LogP contribution in [0, 0.1) is 17.6 Å². The fourth-order valence-corrected chi connectivity index (χ4v) is 5.12. The van der Waals surface area contributed by atoms with Gasteiger partial charge in [-0.3, -0.25) is 9.69 Å². The summed E-state index contributed by atoms with van der Waals surface area (Å²) < 4.78 is 27.1. The molecule has 2 aromatic carbocycles. The van der Waals surface area contributed by atoms with Crippen molar-refractivity contribution in [3.63, 3.8) is 0 Å². The van der Waals surface area contributed by atoms with Crippen molar-refractivity contribution in [3.8, 4) is 0 Å². The SMILES string of the molecule is O=C1C2C=CC=CC2=NC(=S)N1CCN1CCC(=C(c2ccc(F)cc2)c2ccc(F)cc2)CC1. The highest BCUT2D eigenvalue weighted by Gasteiger charge is 2.33. The van der Waals surface area contributed by atoms with Crippen molar-refractivity contribution in [1.82, 2.24) is 9.80 Å². The maximum atomic E-state index is 13.6. The van der Waals surface area contributed by atoms with Crippen LogP contribution in [-0.4, -0.2) is 52.7 Å². The molecule has 1 unspecified atom stereocenters. The third-order valence-corrected chi connectivity index (χ3v) is 7.02. The van der Waals surface area contributed by atoms with E-state index in [-0.39, 0.29) is 23.5 Å². The summed E-state index contributed by atoms with van der Waals surface area (Å²) in [7, 11) is 0. The number of fused-ring (bicyclic) bond motifs is 1. The molecule has 1 atom stereocenters. The molecular weight excluding hydrogens is 464 g/mol. The van der Waals surface area contributed by atoms with Gasteiger partial charge in [-0.2, -0.15) is 0 Å². The molecule has 0 N–H and O–H groups in total. The molecule has 0 spiro atoms. The van der Waals surface area contributed by atoms with Crippen molar-refractivity contribution in [2.45, 2.75) is 12.8 Å². The average molecular weight is 490 g/mol. The standard InChI is InChI=1S/C28H25F2N3OS/c29-22-9-5-19(6-10-22)26(20-7-11-23(30)12-8-20)21-13-15-32(16-14-21)17-18-33-27(34)24-3-1-2-4-25(24)31-28(33)35/h1-12,24H,13-18H2. The fourth-order valence-electron chi connectivity index (χ4n) is 4.83. The Labute approximate surface area is 209 Å². The summed E-state index contributed by atoms with van der Waals surface area (Å²) in [6.45, 7) is 2.87. The highest BCUT2D eigenvalue weighted by atomic mass is 32.1. The number of halogens is 2. The van der Waals surface area contributed by atoms with Crippen molar-refractivity contribution in [1.29, 1.82) is 0 Å². The molecule has 0 radical (unpaired) electrons. The van der Waals surface area contributed by atoms with E-state index in [1.54, 1.807) is 29.2 Å². The van der Waals surface area contributed by atoms with E-state index >= 15 is 0 Å². The third-order valence-electron chi connectivity index (χ3n) is 6.71. The van der Waals surface area contributed by atoms with E-state index in [9.17, 15) is 13.6 Å². The van der Waals surface area contributed by atoms with E-state index in [0.717, 1.165) is 42.6 Å². The number of rotatable bonds is 5. The molecular formula is C28H25F2N3OS. The van der Waals surface area contributed by atoms with E-state index in [0.29, 0.717) is 23.9 Å². The van der Waals surface area contributed by atoms with E-state index in [2.05, 4.69) is 9.89 Å². The lowest BCUT2D eigenvalue weighted by atomic mass is 9.88. The first-order chi connectivity index (χ1) is 17.0. The van der Waals surface area contributed by atoms with Crippen LogP contribution in [0.2, 0.25) is 0 Å². The number of amides is 1. The molecule has 0 aromatic heterocycles. The molecule has 5 rings (SSSR count). The van der Waals surface area contributed by atoms with Crippen LogP contribution in [0.5, 0.6) is 0 Å². The van der Waals surface area contributed by atoms with E-state index in [4.69, 9.17) is 12.2 Å². The van der Waals surface area contributed by atoms with Crippen LogP contribution in [0.15, 0.2) is 83.4 Å². The second kappa shape index (κ2) is 10.1. The van der Waals surface area contributed by atoms with Gasteiger partial charge in [-0.25, -0.2) is 13.8 Å². The van der Waals surface area contributed by atoms with E-state index in [1.165, 1.54) is 29.8 Å². The Balaban J connectivity index is 1.29. The summed E-state index contributed by atoms with van der Waals surface area (Å²) in [6.07, 6.45) is 9.10. The Hall–Kier alpha value is -3.29. The fraction of sp³-hybridized carbons (Fsp3) is 0.250. The van der Waals surface area contributed by atoms with Crippen molar-refractivity contribution < 1.29 is 13.6 Å². The lowest BCUT2D eigenvalue weighted by molar-refractivity contribution is -0.128. The van der Waals surface area contributed by atoms with Crippen LogP contribution in [0.25, 0.3) is 5.57 Å². The molecule has 1 amide bonds. The van der Waals surface area contributed by atoms with Gasteiger partial charge in [0, 0.05) is 26.2 Å². The van der Waals surface area contributed by atoms with Gasteiger partial charge in [0.05, 0.1) is 11.6 Å². The van der Waals surface area contributed by atoms with E-state index in [1.807, 2.05) is 24.3 Å². The van der Waals surface area contributed by atoms with Gasteiger partial charge in [0.15, 0.2) is 0 Å². The van der Waals surface area contributed by atoms with Gasteiger partial charge in [0.2, 0.25) is 11.0 Å². The number of benzene rings is 2. The predicted molar refractivity (Wildman–Crippen MR) is 138 cm³/mol. The number of likely N-dealkylation sites (tertiary alicyclic amines) is 1. The number of carbonyl (C=O) groups excluding carboxylic acids is 1. The number of hydrogen-bond donors (Lipinski definition) is 0. The molecule has 3 aliphatic rings. The first-order valence-electron chi connectivity index (χ1n) is 11.7. The lowest BCUT2D eigenvalue weighted by Crippen LogP contribution is -2.49. The minimum absolute atomic E-state index is 0.0203. The molecule has 35 heavy (non-hydrogen) atoms. The van der Waals surface area contributed by atoms with Crippen LogP contribution >= 0.6 is 12.2 Å². The molecule has 178 valence electrons. The molecule has 1 aliphatic carbocycles. The Kier molecular flexibility index (Phi) is 6.79. The number of nitrogens with zero attached hydrogens (tertiary/aromatic N) is 3. The number of carbonyl (C=O) groups is 1. The van der Waals surface area contributed by atoms with Gasteiger partial charge >= 0.3 is 0 Å². The molecule has 0 saturated carbocycles. The minimum atomic E-state index is -0.350. The van der Waals surface area contributed by atoms with Crippen LogP contribution in [0.4, 0.5) is 8.78 Å². The summed E-state index contributed by atoms with van der Waals surface area (Å²) >= 11 is 5.40. The summed E-state index contributed by atoms with van der Waals surface area (Å²) in [5, 5.41) is 0.328. The summed E-state index contributed by atoms with van der Waals surface area (Å²) in [4.78, 5) is 21.3. The van der Waals surface area contributed by atoms with Crippen molar-refractivity contribution in [2.75, 3.05) is 26.2 Å². The van der Waals surface area contributed by atoms with Crippen molar-refractivity contribution in [2.24, 2.45) is 10.9 Å². The first kappa shape index (κ1) is 23.5. The second-order valence-electron chi connectivity index (χ2n) is 8.86. The molecule has 2 aliphatic heterocycles. The zero-order valence-electron chi connectivity index (χ0n) is 19.2. The number of allylic oxidation sites excluding steroid dienone is 3. The van der Waals surface area contributed by atoms with Crippen LogP contribution < -0.4 is 0 Å². The van der Waals surface area contributed by atoms with Gasteiger partial charge in [-0.1, -0.05) is 48.1 Å². The molecule has 7 heteroatoms. The Bertz CT molecular complexity index is 1200. The number of hydrogen-bond acceptors (Lipinski definition) is 3. The largest absolute Gasteiger partial charge is 0.301 e.